The highest BCUT2D eigenvalue weighted by Crippen LogP contribution is 2.30. The number of ketones is 1. The van der Waals surface area contributed by atoms with E-state index in [9.17, 15) is 9.90 Å². The number of unbranched alkanes of at least 4 members (excludes halogenated alkanes) is 1. The van der Waals surface area contributed by atoms with Crippen molar-refractivity contribution in [3.63, 3.8) is 0 Å². The lowest BCUT2D eigenvalue weighted by Gasteiger charge is -2.31. The van der Waals surface area contributed by atoms with Crippen LogP contribution in [0.15, 0.2) is 30.3 Å². The first kappa shape index (κ1) is 13.3. The summed E-state index contributed by atoms with van der Waals surface area (Å²) in [5.41, 5.74) is 0.799. The summed E-state index contributed by atoms with van der Waals surface area (Å²) in [5.74, 6) is 0.309. The second-order valence-electron chi connectivity index (χ2n) is 5.46. The van der Waals surface area contributed by atoms with Crippen molar-refractivity contribution in [1.29, 1.82) is 0 Å². The zero-order valence-electron chi connectivity index (χ0n) is 10.9. The SMILES string of the molecule is O=C1CCC(O)(CCCCc2ccccc2)CC1. The Morgan fingerprint density at radius 3 is 2.39 bits per heavy atom. The molecule has 1 saturated carbocycles. The number of carbonyl (C=O) groups excluding carboxylic acids is 1. The summed E-state index contributed by atoms with van der Waals surface area (Å²) in [6, 6.07) is 10.5. The number of benzene rings is 1. The molecule has 0 spiro atoms. The first-order chi connectivity index (χ1) is 8.68. The van der Waals surface area contributed by atoms with Crippen molar-refractivity contribution in [2.24, 2.45) is 0 Å². The molecule has 0 unspecified atom stereocenters. The zero-order valence-corrected chi connectivity index (χ0v) is 10.9. The van der Waals surface area contributed by atoms with Gasteiger partial charge in [0.1, 0.15) is 5.78 Å². The van der Waals surface area contributed by atoms with Crippen LogP contribution in [0.3, 0.4) is 0 Å². The maximum Gasteiger partial charge on any atom is 0.133 e. The molecular formula is C16H22O2. The normalized spacial score (nSPS) is 18.8. The van der Waals surface area contributed by atoms with Crippen LogP contribution in [0.4, 0.5) is 0 Å². The number of carbonyl (C=O) groups is 1. The van der Waals surface area contributed by atoms with Gasteiger partial charge in [0.05, 0.1) is 5.60 Å². The lowest BCUT2D eigenvalue weighted by molar-refractivity contribution is -0.125. The summed E-state index contributed by atoms with van der Waals surface area (Å²) in [7, 11) is 0. The van der Waals surface area contributed by atoms with Crippen LogP contribution < -0.4 is 0 Å². The lowest BCUT2D eigenvalue weighted by atomic mass is 9.80. The smallest absolute Gasteiger partial charge is 0.133 e. The van der Waals surface area contributed by atoms with E-state index in [1.165, 1.54) is 5.56 Å². The van der Waals surface area contributed by atoms with E-state index in [1.807, 2.05) is 6.07 Å². The third-order valence-electron chi connectivity index (χ3n) is 3.94. The quantitative estimate of drug-likeness (QED) is 0.810. The van der Waals surface area contributed by atoms with E-state index in [-0.39, 0.29) is 0 Å². The minimum atomic E-state index is -0.565. The van der Waals surface area contributed by atoms with Gasteiger partial charge in [0, 0.05) is 12.8 Å². The number of aliphatic hydroxyl groups is 1. The number of Topliss-reactive ketones (excluding diaryl/α,β-unsaturated/α-hetero) is 1. The van der Waals surface area contributed by atoms with Crippen LogP contribution in [0.5, 0.6) is 0 Å². The molecule has 1 aliphatic carbocycles. The molecule has 0 atom stereocenters. The standard InChI is InChI=1S/C16H22O2/c17-15-9-12-16(18,13-10-15)11-5-4-8-14-6-2-1-3-7-14/h1-3,6-7,18H,4-5,8-13H2. The molecule has 2 nitrogen and oxygen atoms in total. The van der Waals surface area contributed by atoms with E-state index in [0.29, 0.717) is 31.5 Å². The topological polar surface area (TPSA) is 37.3 Å². The fourth-order valence-electron chi connectivity index (χ4n) is 2.67. The monoisotopic (exact) mass is 246 g/mol. The number of aryl methyl sites for hydroxylation is 1. The minimum Gasteiger partial charge on any atom is -0.390 e. The van der Waals surface area contributed by atoms with Gasteiger partial charge in [-0.15, -0.1) is 0 Å². The molecule has 2 rings (SSSR count). The summed E-state index contributed by atoms with van der Waals surface area (Å²) >= 11 is 0. The first-order valence-corrected chi connectivity index (χ1v) is 6.96. The molecule has 0 aromatic heterocycles. The molecule has 0 saturated heterocycles. The molecule has 2 heteroatoms. The molecule has 0 amide bonds. The number of hydrogen-bond donors (Lipinski definition) is 1. The third kappa shape index (κ3) is 3.95. The number of rotatable bonds is 5. The predicted octanol–water partition coefficient (Wildman–Crippen LogP) is 3.27. The largest absolute Gasteiger partial charge is 0.390 e. The summed E-state index contributed by atoms with van der Waals surface area (Å²) in [6.45, 7) is 0. The highest BCUT2D eigenvalue weighted by Gasteiger charge is 2.31. The molecule has 0 aliphatic heterocycles. The molecule has 0 radical (unpaired) electrons. The van der Waals surface area contributed by atoms with Crippen molar-refractivity contribution in [1.82, 2.24) is 0 Å². The Morgan fingerprint density at radius 2 is 1.72 bits per heavy atom. The van der Waals surface area contributed by atoms with Crippen LogP contribution in [0.25, 0.3) is 0 Å². The Kier molecular flexibility index (Phi) is 4.54. The summed E-state index contributed by atoms with van der Waals surface area (Å²) in [4.78, 5) is 11.2. The van der Waals surface area contributed by atoms with Crippen molar-refractivity contribution >= 4 is 5.78 Å². The maximum absolute atomic E-state index is 11.2. The van der Waals surface area contributed by atoms with Crippen LogP contribution >= 0.6 is 0 Å². The molecule has 18 heavy (non-hydrogen) atoms. The van der Waals surface area contributed by atoms with E-state index in [0.717, 1.165) is 25.7 Å². The Bertz CT molecular complexity index is 373. The third-order valence-corrected chi connectivity index (χ3v) is 3.94. The molecule has 1 fully saturated rings. The van der Waals surface area contributed by atoms with E-state index >= 15 is 0 Å². The second kappa shape index (κ2) is 6.14. The van der Waals surface area contributed by atoms with Crippen molar-refractivity contribution in [2.75, 3.05) is 0 Å². The fourth-order valence-corrected chi connectivity index (χ4v) is 2.67. The molecule has 1 aliphatic rings. The summed E-state index contributed by atoms with van der Waals surface area (Å²) < 4.78 is 0. The molecule has 1 aromatic carbocycles. The van der Waals surface area contributed by atoms with Gasteiger partial charge in [-0.25, -0.2) is 0 Å². The minimum absolute atomic E-state index is 0.309. The van der Waals surface area contributed by atoms with Crippen molar-refractivity contribution in [3.05, 3.63) is 35.9 Å². The van der Waals surface area contributed by atoms with Gasteiger partial charge in [-0.1, -0.05) is 36.8 Å². The average molecular weight is 246 g/mol. The van der Waals surface area contributed by atoms with Crippen LogP contribution in [0, 0.1) is 0 Å². The maximum atomic E-state index is 11.2. The Hall–Kier alpha value is -1.15. The van der Waals surface area contributed by atoms with Gasteiger partial charge in [0.15, 0.2) is 0 Å². The van der Waals surface area contributed by atoms with Gasteiger partial charge in [-0.2, -0.15) is 0 Å². The van der Waals surface area contributed by atoms with Gasteiger partial charge in [0.25, 0.3) is 0 Å². The van der Waals surface area contributed by atoms with E-state index in [1.54, 1.807) is 0 Å². The molecule has 0 heterocycles. The fraction of sp³-hybridized carbons (Fsp3) is 0.562. The highest BCUT2D eigenvalue weighted by molar-refractivity contribution is 5.79. The van der Waals surface area contributed by atoms with Gasteiger partial charge >= 0.3 is 0 Å². The predicted molar refractivity (Wildman–Crippen MR) is 72.4 cm³/mol. The van der Waals surface area contributed by atoms with E-state index in [2.05, 4.69) is 24.3 Å². The molecule has 98 valence electrons. The average Bonchev–Trinajstić information content (AvgIpc) is 2.40. The summed E-state index contributed by atoms with van der Waals surface area (Å²) in [5, 5.41) is 10.3. The van der Waals surface area contributed by atoms with Gasteiger partial charge in [-0.05, 0) is 37.7 Å². The Morgan fingerprint density at radius 1 is 1.06 bits per heavy atom. The second-order valence-corrected chi connectivity index (χ2v) is 5.46. The van der Waals surface area contributed by atoms with Crippen molar-refractivity contribution in [2.45, 2.75) is 57.0 Å². The van der Waals surface area contributed by atoms with Gasteiger partial charge in [0.2, 0.25) is 0 Å². The van der Waals surface area contributed by atoms with Gasteiger partial charge in [-0.3, -0.25) is 4.79 Å². The van der Waals surface area contributed by atoms with E-state index in [4.69, 9.17) is 0 Å². The van der Waals surface area contributed by atoms with Crippen LogP contribution in [0.1, 0.15) is 50.5 Å². The summed E-state index contributed by atoms with van der Waals surface area (Å²) in [6.07, 6.45) is 6.53. The van der Waals surface area contributed by atoms with Crippen LogP contribution in [0.2, 0.25) is 0 Å². The number of hydrogen-bond acceptors (Lipinski definition) is 2. The van der Waals surface area contributed by atoms with Crippen LogP contribution in [-0.2, 0) is 11.2 Å². The van der Waals surface area contributed by atoms with Crippen molar-refractivity contribution in [3.8, 4) is 0 Å². The van der Waals surface area contributed by atoms with E-state index < -0.39 is 5.60 Å². The molecular weight excluding hydrogens is 224 g/mol. The van der Waals surface area contributed by atoms with Crippen molar-refractivity contribution < 1.29 is 9.90 Å². The molecule has 1 N–H and O–H groups in total. The lowest BCUT2D eigenvalue weighted by Crippen LogP contribution is -2.34. The Balaban J connectivity index is 1.67. The zero-order chi connectivity index (χ0) is 12.8. The highest BCUT2D eigenvalue weighted by atomic mass is 16.3. The molecule has 0 bridgehead atoms. The first-order valence-electron chi connectivity index (χ1n) is 6.96. The Labute approximate surface area is 109 Å². The molecule has 1 aromatic rings. The van der Waals surface area contributed by atoms with Gasteiger partial charge < -0.3 is 5.11 Å². The van der Waals surface area contributed by atoms with Crippen LogP contribution in [-0.4, -0.2) is 16.5 Å².